The molecule has 0 heterocycles. The molecule has 3 N–H and O–H groups in total. The largest absolute Gasteiger partial charge is 0.480 e. The van der Waals surface area contributed by atoms with E-state index in [4.69, 9.17) is 5.11 Å². The minimum atomic E-state index is -4.54. The fourth-order valence-electron chi connectivity index (χ4n) is 1.21. The fraction of sp³-hybridized carbons (Fsp3) is 0.273. The third-order valence-electron chi connectivity index (χ3n) is 2.26. The maximum absolute atomic E-state index is 12.5. The number of nitrogens with one attached hydrogen (secondary N) is 2. The van der Waals surface area contributed by atoms with Crippen LogP contribution in [0.15, 0.2) is 22.7 Å². The molecule has 0 radical (unpaired) electrons. The van der Waals surface area contributed by atoms with Crippen molar-refractivity contribution in [3.8, 4) is 0 Å². The number of aliphatic carboxylic acids is 1. The molecule has 110 valence electrons. The highest BCUT2D eigenvalue weighted by Gasteiger charge is 2.31. The molecule has 5 nitrogen and oxygen atoms in total. The molecule has 1 unspecified atom stereocenters. The van der Waals surface area contributed by atoms with Crippen molar-refractivity contribution >= 4 is 33.6 Å². The molecular formula is C11H10BrF3N2O3. The van der Waals surface area contributed by atoms with Crippen LogP contribution in [0, 0.1) is 0 Å². The third-order valence-corrected chi connectivity index (χ3v) is 2.95. The number of rotatable bonds is 3. The van der Waals surface area contributed by atoms with Gasteiger partial charge in [0.25, 0.3) is 0 Å². The van der Waals surface area contributed by atoms with Crippen molar-refractivity contribution in [2.75, 3.05) is 5.32 Å². The summed E-state index contributed by atoms with van der Waals surface area (Å²) in [4.78, 5) is 22.0. The highest BCUT2D eigenvalue weighted by atomic mass is 79.9. The molecular weight excluding hydrogens is 345 g/mol. The monoisotopic (exact) mass is 354 g/mol. The Hall–Kier alpha value is -1.77. The quantitative estimate of drug-likeness (QED) is 0.780. The molecule has 2 amide bonds. The Balaban J connectivity index is 2.87. The van der Waals surface area contributed by atoms with Gasteiger partial charge < -0.3 is 15.7 Å². The fourth-order valence-corrected chi connectivity index (χ4v) is 1.56. The van der Waals surface area contributed by atoms with Gasteiger partial charge in [0.2, 0.25) is 0 Å². The van der Waals surface area contributed by atoms with Crippen LogP contribution in [0.1, 0.15) is 12.5 Å². The minimum Gasteiger partial charge on any atom is -0.480 e. The summed E-state index contributed by atoms with van der Waals surface area (Å²) >= 11 is 2.99. The molecule has 0 aromatic heterocycles. The predicted molar refractivity (Wildman–Crippen MR) is 68.4 cm³/mol. The molecule has 1 aromatic carbocycles. The zero-order chi connectivity index (χ0) is 15.5. The van der Waals surface area contributed by atoms with E-state index in [0.717, 1.165) is 18.2 Å². The lowest BCUT2D eigenvalue weighted by atomic mass is 10.2. The number of halogens is 4. The van der Waals surface area contributed by atoms with Crippen LogP contribution in [0.4, 0.5) is 23.7 Å². The molecule has 0 aliphatic carbocycles. The standard InChI is InChI=1S/C11H10BrF3N2O3/c1-5(9(18)19)16-10(20)17-8-4-6(11(13,14)15)2-3-7(8)12/h2-5H,1H3,(H,18,19)(H2,16,17,20). The average Bonchev–Trinajstić information content (AvgIpc) is 2.30. The molecule has 0 bridgehead atoms. The van der Waals surface area contributed by atoms with Gasteiger partial charge in [-0.1, -0.05) is 0 Å². The van der Waals surface area contributed by atoms with E-state index in [9.17, 15) is 22.8 Å². The molecule has 0 saturated heterocycles. The number of carboxylic acid groups (broad SMARTS) is 1. The topological polar surface area (TPSA) is 78.4 Å². The first-order valence-corrected chi connectivity index (χ1v) is 6.07. The zero-order valence-corrected chi connectivity index (χ0v) is 11.7. The second kappa shape index (κ2) is 6.12. The van der Waals surface area contributed by atoms with Crippen LogP contribution < -0.4 is 10.6 Å². The van der Waals surface area contributed by atoms with E-state index in [0.29, 0.717) is 0 Å². The Bertz CT molecular complexity index is 534. The van der Waals surface area contributed by atoms with Crippen LogP contribution >= 0.6 is 15.9 Å². The molecule has 0 fully saturated rings. The molecule has 0 aliphatic rings. The number of hydrogen-bond acceptors (Lipinski definition) is 2. The van der Waals surface area contributed by atoms with Gasteiger partial charge >= 0.3 is 18.2 Å². The van der Waals surface area contributed by atoms with Crippen molar-refractivity contribution in [1.29, 1.82) is 0 Å². The Kier molecular flexibility index (Phi) is 4.98. The molecule has 1 rings (SSSR count). The average molecular weight is 355 g/mol. The first-order valence-electron chi connectivity index (χ1n) is 5.28. The summed E-state index contributed by atoms with van der Waals surface area (Å²) in [5, 5.41) is 12.8. The van der Waals surface area contributed by atoms with Crippen LogP contribution in [-0.2, 0) is 11.0 Å². The van der Waals surface area contributed by atoms with Crippen molar-refractivity contribution in [3.63, 3.8) is 0 Å². The number of anilines is 1. The lowest BCUT2D eigenvalue weighted by Gasteiger charge is -2.14. The summed E-state index contributed by atoms with van der Waals surface area (Å²) in [6.45, 7) is 1.23. The Morgan fingerprint density at radius 2 is 1.95 bits per heavy atom. The van der Waals surface area contributed by atoms with E-state index in [-0.39, 0.29) is 10.2 Å². The van der Waals surface area contributed by atoms with E-state index in [1.54, 1.807) is 0 Å². The van der Waals surface area contributed by atoms with Gasteiger partial charge in [-0.25, -0.2) is 4.79 Å². The summed E-state index contributed by atoms with van der Waals surface area (Å²) in [5.74, 6) is -1.26. The van der Waals surface area contributed by atoms with E-state index in [2.05, 4.69) is 26.6 Å². The van der Waals surface area contributed by atoms with Crippen molar-refractivity contribution in [1.82, 2.24) is 5.32 Å². The smallest absolute Gasteiger partial charge is 0.416 e. The van der Waals surface area contributed by atoms with Crippen molar-refractivity contribution in [2.45, 2.75) is 19.1 Å². The van der Waals surface area contributed by atoms with Crippen LogP contribution in [0.2, 0.25) is 0 Å². The van der Waals surface area contributed by atoms with Crippen molar-refractivity contribution in [2.24, 2.45) is 0 Å². The highest BCUT2D eigenvalue weighted by Crippen LogP contribution is 2.33. The number of hydrogen-bond donors (Lipinski definition) is 3. The number of carboxylic acids is 1. The number of urea groups is 1. The normalized spacial score (nSPS) is 12.7. The maximum atomic E-state index is 12.5. The van der Waals surface area contributed by atoms with Gasteiger partial charge in [0.15, 0.2) is 0 Å². The molecule has 0 aliphatic heterocycles. The van der Waals surface area contributed by atoms with E-state index in [1.165, 1.54) is 6.92 Å². The van der Waals surface area contributed by atoms with Gasteiger partial charge in [-0.15, -0.1) is 0 Å². The molecule has 1 atom stereocenters. The summed E-state index contributed by atoms with van der Waals surface area (Å²) in [7, 11) is 0. The number of alkyl halides is 3. The SMILES string of the molecule is CC(NC(=O)Nc1cc(C(F)(F)F)ccc1Br)C(=O)O. The van der Waals surface area contributed by atoms with E-state index < -0.39 is 29.8 Å². The summed E-state index contributed by atoms with van der Waals surface area (Å²) < 4.78 is 37.8. The van der Waals surface area contributed by atoms with Crippen molar-refractivity contribution < 1.29 is 27.9 Å². The van der Waals surface area contributed by atoms with Crippen LogP contribution in [0.3, 0.4) is 0 Å². The van der Waals surface area contributed by atoms with Gasteiger partial charge in [0.1, 0.15) is 6.04 Å². The number of carbonyl (C=O) groups is 2. The summed E-state index contributed by atoms with van der Waals surface area (Å²) in [6.07, 6.45) is -4.54. The first kappa shape index (κ1) is 16.3. The third kappa shape index (κ3) is 4.41. The van der Waals surface area contributed by atoms with Crippen LogP contribution in [-0.4, -0.2) is 23.1 Å². The predicted octanol–water partition coefficient (Wildman–Crippen LogP) is 3.06. The van der Waals surface area contributed by atoms with E-state index in [1.807, 2.05) is 0 Å². The molecule has 1 aromatic rings. The molecule has 0 spiro atoms. The summed E-state index contributed by atoms with van der Waals surface area (Å²) in [6, 6.07) is 0.654. The lowest BCUT2D eigenvalue weighted by molar-refractivity contribution is -0.139. The Morgan fingerprint density at radius 1 is 1.35 bits per heavy atom. The van der Waals surface area contributed by atoms with Crippen molar-refractivity contribution in [3.05, 3.63) is 28.2 Å². The molecule has 0 saturated carbocycles. The first-order chi connectivity index (χ1) is 9.11. The number of amides is 2. The minimum absolute atomic E-state index is 0.116. The summed E-state index contributed by atoms with van der Waals surface area (Å²) in [5.41, 5.74) is -1.04. The van der Waals surface area contributed by atoms with Crippen LogP contribution in [0.5, 0.6) is 0 Å². The zero-order valence-electron chi connectivity index (χ0n) is 10.1. The Morgan fingerprint density at radius 3 is 2.45 bits per heavy atom. The lowest BCUT2D eigenvalue weighted by Crippen LogP contribution is -2.40. The van der Waals surface area contributed by atoms with E-state index >= 15 is 0 Å². The second-order valence-corrected chi connectivity index (χ2v) is 4.71. The maximum Gasteiger partial charge on any atom is 0.416 e. The van der Waals surface area contributed by atoms with Gasteiger partial charge in [0, 0.05) is 4.47 Å². The highest BCUT2D eigenvalue weighted by molar-refractivity contribution is 9.10. The molecule has 20 heavy (non-hydrogen) atoms. The number of benzene rings is 1. The van der Waals surface area contributed by atoms with Crippen LogP contribution in [0.25, 0.3) is 0 Å². The molecule has 9 heteroatoms. The second-order valence-electron chi connectivity index (χ2n) is 3.85. The number of carbonyl (C=O) groups excluding carboxylic acids is 1. The van der Waals surface area contributed by atoms with Gasteiger partial charge in [-0.2, -0.15) is 13.2 Å². The van der Waals surface area contributed by atoms with Gasteiger partial charge in [-0.3, -0.25) is 4.79 Å². The Labute approximate surface area is 120 Å². The van der Waals surface area contributed by atoms with Gasteiger partial charge in [-0.05, 0) is 41.1 Å². The van der Waals surface area contributed by atoms with Gasteiger partial charge in [0.05, 0.1) is 11.3 Å².